The van der Waals surface area contributed by atoms with Gasteiger partial charge in [0.1, 0.15) is 6.17 Å². The van der Waals surface area contributed by atoms with Gasteiger partial charge in [0.25, 0.3) is 0 Å². The Balaban J connectivity index is 1.57. The lowest BCUT2D eigenvalue weighted by Crippen LogP contribution is -2.49. The molecule has 2 N–H and O–H groups in total. The summed E-state index contributed by atoms with van der Waals surface area (Å²) in [6.45, 7) is 0.601. The fourth-order valence-corrected chi connectivity index (χ4v) is 2.30. The molecule has 2 amide bonds. The van der Waals surface area contributed by atoms with Crippen molar-refractivity contribution in [2.45, 2.75) is 37.9 Å². The Morgan fingerprint density at radius 2 is 2.21 bits per heavy atom. The van der Waals surface area contributed by atoms with Gasteiger partial charge in [-0.2, -0.15) is 0 Å². The molecule has 0 atom stereocenters. The Bertz CT molecular complexity index is 435. The number of hydrogen-bond donors (Lipinski definition) is 2. The van der Waals surface area contributed by atoms with Crippen LogP contribution in [0.25, 0.3) is 0 Å². The van der Waals surface area contributed by atoms with Crippen LogP contribution >= 0.6 is 11.6 Å². The van der Waals surface area contributed by atoms with Gasteiger partial charge in [0.15, 0.2) is 0 Å². The number of nitrogens with one attached hydrogen (secondary N) is 2. The fourth-order valence-electron chi connectivity index (χ4n) is 2.09. The molecule has 0 bridgehead atoms. The molecule has 5 heteroatoms. The molecule has 0 heterocycles. The largest absolute Gasteiger partial charge is 0.338 e. The standard InChI is InChI=1S/C14H18ClFN2O/c15-11-5-1-3-10(7-11)4-2-6-17-14(19)18-13-8-12(16)9-13/h1,3,5,7,12-13H,2,4,6,8-9H2,(H2,17,18,19). The molecular weight excluding hydrogens is 267 g/mol. The summed E-state index contributed by atoms with van der Waals surface area (Å²) in [7, 11) is 0. The smallest absolute Gasteiger partial charge is 0.315 e. The van der Waals surface area contributed by atoms with Crippen LogP contribution in [0.4, 0.5) is 9.18 Å². The number of urea groups is 1. The van der Waals surface area contributed by atoms with Gasteiger partial charge in [0.2, 0.25) is 0 Å². The Morgan fingerprint density at radius 1 is 1.42 bits per heavy atom. The summed E-state index contributed by atoms with van der Waals surface area (Å²) in [4.78, 5) is 11.5. The van der Waals surface area contributed by atoms with E-state index in [0.717, 1.165) is 23.4 Å². The highest BCUT2D eigenvalue weighted by molar-refractivity contribution is 6.30. The van der Waals surface area contributed by atoms with E-state index in [2.05, 4.69) is 10.6 Å². The van der Waals surface area contributed by atoms with Gasteiger partial charge >= 0.3 is 6.03 Å². The molecule has 2 rings (SSSR count). The molecule has 104 valence electrons. The van der Waals surface area contributed by atoms with E-state index in [9.17, 15) is 9.18 Å². The third kappa shape index (κ3) is 4.71. The lowest BCUT2D eigenvalue weighted by Gasteiger charge is -2.30. The average Bonchev–Trinajstić information content (AvgIpc) is 2.33. The summed E-state index contributed by atoms with van der Waals surface area (Å²) in [5.41, 5.74) is 1.16. The number of aryl methyl sites for hydroxylation is 1. The molecule has 1 aromatic rings. The molecule has 0 unspecified atom stereocenters. The highest BCUT2D eigenvalue weighted by Crippen LogP contribution is 2.22. The molecule has 1 aliphatic carbocycles. The Hall–Kier alpha value is -1.29. The maximum absolute atomic E-state index is 12.6. The fraction of sp³-hybridized carbons (Fsp3) is 0.500. The molecule has 1 fully saturated rings. The summed E-state index contributed by atoms with van der Waals surface area (Å²) in [5, 5.41) is 6.25. The first-order valence-corrected chi connectivity index (χ1v) is 6.94. The minimum Gasteiger partial charge on any atom is -0.338 e. The van der Waals surface area contributed by atoms with E-state index < -0.39 is 6.17 Å². The first kappa shape index (κ1) is 14.1. The van der Waals surface area contributed by atoms with Crippen molar-refractivity contribution >= 4 is 17.6 Å². The number of benzene rings is 1. The second kappa shape index (κ2) is 6.75. The first-order valence-electron chi connectivity index (χ1n) is 6.56. The molecule has 1 aromatic carbocycles. The number of carbonyl (C=O) groups excluding carboxylic acids is 1. The predicted molar refractivity (Wildman–Crippen MR) is 74.2 cm³/mol. The SMILES string of the molecule is O=C(NCCCc1cccc(Cl)c1)NC1CC(F)C1. The minimum absolute atomic E-state index is 0.00271. The maximum atomic E-state index is 12.6. The minimum atomic E-state index is -0.742. The number of hydrogen-bond acceptors (Lipinski definition) is 1. The summed E-state index contributed by atoms with van der Waals surface area (Å²) in [6, 6.07) is 7.50. The third-order valence-corrected chi connectivity index (χ3v) is 3.47. The van der Waals surface area contributed by atoms with E-state index >= 15 is 0 Å². The van der Waals surface area contributed by atoms with E-state index in [0.29, 0.717) is 19.4 Å². The molecule has 0 aromatic heterocycles. The van der Waals surface area contributed by atoms with Gasteiger partial charge in [-0.05, 0) is 43.4 Å². The van der Waals surface area contributed by atoms with E-state index in [4.69, 9.17) is 11.6 Å². The van der Waals surface area contributed by atoms with Crippen molar-refractivity contribution in [2.75, 3.05) is 6.54 Å². The lowest BCUT2D eigenvalue weighted by molar-refractivity contribution is 0.156. The lowest BCUT2D eigenvalue weighted by atomic mass is 9.91. The second-order valence-electron chi connectivity index (χ2n) is 4.90. The zero-order valence-electron chi connectivity index (χ0n) is 10.7. The number of alkyl halides is 1. The number of rotatable bonds is 5. The van der Waals surface area contributed by atoms with Crippen molar-refractivity contribution in [3.8, 4) is 0 Å². The quantitative estimate of drug-likeness (QED) is 0.802. The van der Waals surface area contributed by atoms with Crippen molar-refractivity contribution in [2.24, 2.45) is 0 Å². The van der Waals surface area contributed by atoms with E-state index in [1.54, 1.807) is 0 Å². The van der Waals surface area contributed by atoms with Crippen LogP contribution in [0.3, 0.4) is 0 Å². The summed E-state index contributed by atoms with van der Waals surface area (Å²) >= 11 is 5.89. The van der Waals surface area contributed by atoms with Crippen molar-refractivity contribution in [1.29, 1.82) is 0 Å². The summed E-state index contributed by atoms with van der Waals surface area (Å²) in [5.74, 6) is 0. The van der Waals surface area contributed by atoms with Crippen molar-refractivity contribution in [3.63, 3.8) is 0 Å². The molecule has 0 radical (unpaired) electrons. The van der Waals surface area contributed by atoms with Crippen molar-refractivity contribution < 1.29 is 9.18 Å². The molecule has 1 saturated carbocycles. The molecule has 0 aliphatic heterocycles. The average molecular weight is 285 g/mol. The van der Waals surface area contributed by atoms with Crippen LogP contribution in [-0.4, -0.2) is 24.8 Å². The van der Waals surface area contributed by atoms with E-state index in [-0.39, 0.29) is 12.1 Å². The predicted octanol–water partition coefficient (Wildman–Crippen LogP) is 3.07. The van der Waals surface area contributed by atoms with Crippen LogP contribution in [0.15, 0.2) is 24.3 Å². The molecule has 0 saturated heterocycles. The highest BCUT2D eigenvalue weighted by atomic mass is 35.5. The Morgan fingerprint density at radius 3 is 2.89 bits per heavy atom. The Labute approximate surface area is 117 Å². The Kier molecular flexibility index (Phi) is 5.02. The van der Waals surface area contributed by atoms with Crippen LogP contribution in [0, 0.1) is 0 Å². The van der Waals surface area contributed by atoms with Gasteiger partial charge < -0.3 is 10.6 Å². The highest BCUT2D eigenvalue weighted by Gasteiger charge is 2.29. The summed E-state index contributed by atoms with van der Waals surface area (Å²) in [6.07, 6.45) is 1.86. The topological polar surface area (TPSA) is 41.1 Å². The van der Waals surface area contributed by atoms with Crippen LogP contribution in [0.5, 0.6) is 0 Å². The van der Waals surface area contributed by atoms with Gasteiger partial charge in [-0.3, -0.25) is 0 Å². The second-order valence-corrected chi connectivity index (χ2v) is 5.34. The van der Waals surface area contributed by atoms with Crippen LogP contribution < -0.4 is 10.6 Å². The van der Waals surface area contributed by atoms with Gasteiger partial charge in [-0.15, -0.1) is 0 Å². The third-order valence-electron chi connectivity index (χ3n) is 3.23. The van der Waals surface area contributed by atoms with E-state index in [1.165, 1.54) is 0 Å². The van der Waals surface area contributed by atoms with Gasteiger partial charge in [-0.1, -0.05) is 23.7 Å². The maximum Gasteiger partial charge on any atom is 0.315 e. The van der Waals surface area contributed by atoms with Gasteiger partial charge in [0.05, 0.1) is 0 Å². The molecule has 3 nitrogen and oxygen atoms in total. The van der Waals surface area contributed by atoms with E-state index in [1.807, 2.05) is 24.3 Å². The van der Waals surface area contributed by atoms with Crippen LogP contribution in [0.1, 0.15) is 24.8 Å². The van der Waals surface area contributed by atoms with Crippen LogP contribution in [-0.2, 0) is 6.42 Å². The molecular formula is C14H18ClFN2O. The zero-order chi connectivity index (χ0) is 13.7. The van der Waals surface area contributed by atoms with Gasteiger partial charge in [-0.25, -0.2) is 9.18 Å². The number of carbonyl (C=O) groups is 1. The molecule has 19 heavy (non-hydrogen) atoms. The van der Waals surface area contributed by atoms with Crippen LogP contribution in [0.2, 0.25) is 5.02 Å². The van der Waals surface area contributed by atoms with Crippen molar-refractivity contribution in [3.05, 3.63) is 34.9 Å². The van der Waals surface area contributed by atoms with Gasteiger partial charge in [0, 0.05) is 17.6 Å². The monoisotopic (exact) mass is 284 g/mol. The normalized spacial score (nSPS) is 21.6. The molecule has 0 spiro atoms. The van der Waals surface area contributed by atoms with Crippen molar-refractivity contribution in [1.82, 2.24) is 10.6 Å². The first-order chi connectivity index (χ1) is 9.13. The zero-order valence-corrected chi connectivity index (χ0v) is 11.4. The number of halogens is 2. The summed E-state index contributed by atoms with van der Waals surface area (Å²) < 4.78 is 12.6. The number of amides is 2. The molecule has 1 aliphatic rings.